The first kappa shape index (κ1) is 28.4. The molecular formula is C33H34O8. The minimum atomic E-state index is -1.06. The van der Waals surface area contributed by atoms with Gasteiger partial charge in [0.15, 0.2) is 29.3 Å². The average Bonchev–Trinajstić information content (AvgIpc) is 3.31. The van der Waals surface area contributed by atoms with Crippen molar-refractivity contribution in [2.75, 3.05) is 34.5 Å². The molecule has 4 atom stereocenters. The fourth-order valence-electron chi connectivity index (χ4n) is 5.81. The van der Waals surface area contributed by atoms with Crippen LogP contribution in [0, 0.1) is 0 Å². The van der Waals surface area contributed by atoms with Gasteiger partial charge in [-0.05, 0) is 23.6 Å². The van der Waals surface area contributed by atoms with Crippen LogP contribution in [0.4, 0.5) is 0 Å². The summed E-state index contributed by atoms with van der Waals surface area (Å²) in [5, 5.41) is 0. The van der Waals surface area contributed by atoms with Crippen LogP contribution >= 0.6 is 0 Å². The molecule has 214 valence electrons. The van der Waals surface area contributed by atoms with Gasteiger partial charge in [0.1, 0.15) is 13.2 Å². The van der Waals surface area contributed by atoms with Crippen molar-refractivity contribution >= 4 is 11.9 Å². The van der Waals surface area contributed by atoms with Gasteiger partial charge in [-0.3, -0.25) is 0 Å². The quantitative estimate of drug-likeness (QED) is 0.232. The maximum Gasteiger partial charge on any atom is 0.340 e. The van der Waals surface area contributed by atoms with Crippen LogP contribution in [0.1, 0.15) is 41.7 Å². The lowest BCUT2D eigenvalue weighted by molar-refractivity contribution is -0.171. The Labute approximate surface area is 239 Å². The summed E-state index contributed by atoms with van der Waals surface area (Å²) in [6.07, 6.45) is 3.17. The molecule has 0 amide bonds. The second-order valence-corrected chi connectivity index (χ2v) is 10.2. The van der Waals surface area contributed by atoms with Gasteiger partial charge in [0, 0.05) is 26.2 Å². The number of benzene rings is 3. The van der Waals surface area contributed by atoms with Crippen LogP contribution in [0.15, 0.2) is 91.0 Å². The normalized spacial score (nSPS) is 22.0. The Morgan fingerprint density at radius 3 is 1.85 bits per heavy atom. The van der Waals surface area contributed by atoms with Gasteiger partial charge < -0.3 is 28.4 Å². The third-order valence-electron chi connectivity index (χ3n) is 7.98. The molecule has 0 saturated heterocycles. The third-order valence-corrected chi connectivity index (χ3v) is 7.98. The monoisotopic (exact) mass is 558 g/mol. The molecule has 1 heterocycles. The molecule has 1 aliphatic heterocycles. The standard InChI is InChI=1S/C33H34O8/c1-36-26-18-12-17-25-29(26)41-33(22-40-31(35)28(38-3)24-15-8-5-9-16-24)20-11-10-19-32(25,33)21-39-30(34)27(37-2)23-13-6-4-7-14-23/h4-18,27-28H,19-22H2,1-3H3/t27-,28-,32+,33+/m1/s1. The number of allylic oxidation sites excluding steroid dienone is 1. The summed E-state index contributed by atoms with van der Waals surface area (Å²) in [5.74, 6) is 0.0341. The maximum absolute atomic E-state index is 13.4. The van der Waals surface area contributed by atoms with E-state index < -0.39 is 35.2 Å². The summed E-state index contributed by atoms with van der Waals surface area (Å²) in [4.78, 5) is 26.7. The minimum Gasteiger partial charge on any atom is -0.493 e. The highest BCUT2D eigenvalue weighted by Gasteiger charge is 2.62. The van der Waals surface area contributed by atoms with E-state index in [4.69, 9.17) is 28.4 Å². The largest absolute Gasteiger partial charge is 0.493 e. The van der Waals surface area contributed by atoms with Crippen molar-refractivity contribution in [3.05, 3.63) is 108 Å². The molecule has 8 heteroatoms. The molecule has 0 bridgehead atoms. The zero-order valence-electron chi connectivity index (χ0n) is 23.4. The van der Waals surface area contributed by atoms with Gasteiger partial charge in [-0.25, -0.2) is 9.59 Å². The van der Waals surface area contributed by atoms with Gasteiger partial charge in [-0.2, -0.15) is 0 Å². The highest BCUT2D eigenvalue weighted by atomic mass is 16.6. The lowest BCUT2D eigenvalue weighted by Gasteiger charge is -2.45. The summed E-state index contributed by atoms with van der Waals surface area (Å²) in [6, 6.07) is 24.0. The van der Waals surface area contributed by atoms with Gasteiger partial charge in [-0.15, -0.1) is 0 Å². The zero-order valence-corrected chi connectivity index (χ0v) is 23.4. The van der Waals surface area contributed by atoms with Crippen LogP contribution in [0.25, 0.3) is 0 Å². The van der Waals surface area contributed by atoms with E-state index >= 15 is 0 Å². The first-order valence-electron chi connectivity index (χ1n) is 13.5. The van der Waals surface area contributed by atoms with Crippen LogP contribution in [-0.2, 0) is 34.0 Å². The average molecular weight is 559 g/mol. The molecule has 3 aromatic carbocycles. The predicted molar refractivity (Wildman–Crippen MR) is 151 cm³/mol. The number of hydrogen-bond acceptors (Lipinski definition) is 8. The van der Waals surface area contributed by atoms with Crippen LogP contribution in [0.3, 0.4) is 0 Å². The Morgan fingerprint density at radius 2 is 1.29 bits per heavy atom. The maximum atomic E-state index is 13.4. The van der Waals surface area contributed by atoms with Crippen LogP contribution < -0.4 is 9.47 Å². The summed E-state index contributed by atoms with van der Waals surface area (Å²) in [6.45, 7) is -0.113. The van der Waals surface area contributed by atoms with E-state index in [2.05, 4.69) is 0 Å². The number of esters is 2. The molecule has 0 radical (unpaired) electrons. The fraction of sp³-hybridized carbons (Fsp3) is 0.333. The molecule has 0 fully saturated rings. The molecule has 8 nitrogen and oxygen atoms in total. The molecule has 0 unspecified atom stereocenters. The summed E-state index contributed by atoms with van der Waals surface area (Å²) >= 11 is 0. The van der Waals surface area contributed by atoms with Crippen LogP contribution in [0.2, 0.25) is 0 Å². The Balaban J connectivity index is 1.46. The number of carbonyl (C=O) groups is 2. The Morgan fingerprint density at radius 1 is 0.732 bits per heavy atom. The molecule has 41 heavy (non-hydrogen) atoms. The molecule has 0 saturated carbocycles. The fourth-order valence-corrected chi connectivity index (χ4v) is 5.81. The Bertz CT molecular complexity index is 1390. The van der Waals surface area contributed by atoms with Crippen molar-refractivity contribution < 1.29 is 38.0 Å². The van der Waals surface area contributed by atoms with E-state index in [0.717, 1.165) is 5.56 Å². The summed E-state index contributed by atoms with van der Waals surface area (Å²) in [7, 11) is 4.52. The second kappa shape index (κ2) is 12.2. The van der Waals surface area contributed by atoms with Gasteiger partial charge in [0.25, 0.3) is 0 Å². The van der Waals surface area contributed by atoms with Crippen LogP contribution in [0.5, 0.6) is 11.5 Å². The van der Waals surface area contributed by atoms with E-state index in [1.807, 2.05) is 91.0 Å². The van der Waals surface area contributed by atoms with Crippen molar-refractivity contribution in [1.29, 1.82) is 0 Å². The third kappa shape index (κ3) is 5.21. The topological polar surface area (TPSA) is 89.5 Å². The highest BCUT2D eigenvalue weighted by molar-refractivity contribution is 5.77. The molecule has 1 aliphatic carbocycles. The van der Waals surface area contributed by atoms with Crippen LogP contribution in [-0.4, -0.2) is 52.1 Å². The lowest BCUT2D eigenvalue weighted by atomic mass is 9.63. The van der Waals surface area contributed by atoms with Crippen molar-refractivity contribution in [3.8, 4) is 11.5 Å². The van der Waals surface area contributed by atoms with Gasteiger partial charge in [-0.1, -0.05) is 84.9 Å². The number of ether oxygens (including phenoxy) is 6. The van der Waals surface area contributed by atoms with E-state index in [0.29, 0.717) is 35.5 Å². The molecule has 5 rings (SSSR count). The SMILES string of the molecule is COc1cccc2c1O[C@]1(COC(=O)[C@H](OC)c3ccccc3)CC=CC[C@]21COC(=O)[C@H](OC)c1ccccc1. The lowest BCUT2D eigenvalue weighted by Crippen LogP contribution is -2.58. The molecule has 0 aromatic heterocycles. The van der Waals surface area contributed by atoms with Crippen molar-refractivity contribution in [1.82, 2.24) is 0 Å². The summed E-state index contributed by atoms with van der Waals surface area (Å²) in [5.41, 5.74) is 0.290. The number of methoxy groups -OCH3 is 3. The van der Waals surface area contributed by atoms with E-state index in [9.17, 15) is 9.59 Å². The zero-order chi connectivity index (χ0) is 28.9. The van der Waals surface area contributed by atoms with Crippen molar-refractivity contribution in [2.45, 2.75) is 36.1 Å². The van der Waals surface area contributed by atoms with Gasteiger partial charge in [0.2, 0.25) is 0 Å². The van der Waals surface area contributed by atoms with Gasteiger partial charge >= 0.3 is 11.9 Å². The number of hydrogen-bond donors (Lipinski definition) is 0. The van der Waals surface area contributed by atoms with Crippen molar-refractivity contribution in [3.63, 3.8) is 0 Å². The minimum absolute atomic E-state index is 0.0209. The van der Waals surface area contributed by atoms with Gasteiger partial charge in [0.05, 0.1) is 12.5 Å². The Hall–Kier alpha value is -4.14. The summed E-state index contributed by atoms with van der Waals surface area (Å²) < 4.78 is 35.3. The van der Waals surface area contributed by atoms with Crippen molar-refractivity contribution in [2.24, 2.45) is 0 Å². The molecule has 0 spiro atoms. The number of carbonyl (C=O) groups excluding carboxylic acids is 2. The molecule has 2 aliphatic rings. The van der Waals surface area contributed by atoms with E-state index in [-0.39, 0.29) is 13.2 Å². The number of fused-ring (bicyclic) bond motifs is 3. The first-order chi connectivity index (χ1) is 20.0. The Kier molecular flexibility index (Phi) is 8.42. The predicted octanol–water partition coefficient (Wildman–Crippen LogP) is 5.28. The number of rotatable bonds is 11. The number of para-hydroxylation sites is 1. The first-order valence-corrected chi connectivity index (χ1v) is 13.5. The van der Waals surface area contributed by atoms with E-state index in [1.54, 1.807) is 7.11 Å². The van der Waals surface area contributed by atoms with E-state index in [1.165, 1.54) is 14.2 Å². The highest BCUT2D eigenvalue weighted by Crippen LogP contribution is 2.58. The second-order valence-electron chi connectivity index (χ2n) is 10.2. The molecule has 0 N–H and O–H groups in total. The molecule has 3 aromatic rings. The molecular weight excluding hydrogens is 524 g/mol. The smallest absolute Gasteiger partial charge is 0.340 e.